The molecule has 0 fully saturated rings. The molecule has 0 aromatic heterocycles. The fraction of sp³-hybridized carbons (Fsp3) is 0.909. The van der Waals surface area contributed by atoms with Crippen molar-refractivity contribution in [2.75, 3.05) is 19.8 Å². The number of phosphoric acid groups is 1. The highest BCUT2D eigenvalue weighted by atomic mass is 31.2. The largest absolute Gasteiger partial charge is 0.469 e. The van der Waals surface area contributed by atoms with E-state index in [-0.39, 0.29) is 25.4 Å². The van der Waals surface area contributed by atoms with Crippen LogP contribution in [0.25, 0.3) is 0 Å². The number of carbonyl (C=O) groups excluding carboxylic acids is 3. The SMILES string of the molecule is CCCCCCCCCCCCCC(=O)O[C@H](COC(=O)CCCCCCCCCCCCCNC(C)=O)COP(=O)(O)O. The summed E-state index contributed by atoms with van der Waals surface area (Å²) >= 11 is 0. The van der Waals surface area contributed by atoms with Crippen molar-refractivity contribution >= 4 is 25.7 Å². The number of amides is 1. The van der Waals surface area contributed by atoms with E-state index in [2.05, 4.69) is 16.8 Å². The molecule has 0 aromatic carbocycles. The molecule has 3 N–H and O–H groups in total. The molecule has 1 amide bonds. The standard InChI is InChI=1S/C33H64NO9P/c1-3-4-5-6-7-8-10-14-17-20-23-26-33(37)43-31(29-42-44(38,39)40)28-41-32(36)25-22-19-16-13-11-9-12-15-18-21-24-27-34-30(2)35/h31H,3-29H2,1-2H3,(H,34,35)(H2,38,39,40)/t31-/m1/s1. The summed E-state index contributed by atoms with van der Waals surface area (Å²) in [5.41, 5.74) is 0. The van der Waals surface area contributed by atoms with Crippen LogP contribution in [0.1, 0.15) is 168 Å². The Morgan fingerprint density at radius 3 is 1.45 bits per heavy atom. The van der Waals surface area contributed by atoms with Gasteiger partial charge in [0.1, 0.15) is 6.61 Å². The van der Waals surface area contributed by atoms with Gasteiger partial charge in [-0.1, -0.05) is 129 Å². The Morgan fingerprint density at radius 2 is 1.02 bits per heavy atom. The Bertz CT molecular complexity index is 760. The van der Waals surface area contributed by atoms with Crippen LogP contribution in [-0.2, 0) is 32.9 Å². The molecule has 0 aliphatic rings. The predicted molar refractivity (Wildman–Crippen MR) is 174 cm³/mol. The maximum Gasteiger partial charge on any atom is 0.469 e. The Labute approximate surface area is 267 Å². The molecule has 0 radical (unpaired) electrons. The lowest BCUT2D eigenvalue weighted by Crippen LogP contribution is -2.29. The van der Waals surface area contributed by atoms with Gasteiger partial charge in [0.25, 0.3) is 0 Å². The second-order valence-corrected chi connectivity index (χ2v) is 13.2. The average Bonchev–Trinajstić information content (AvgIpc) is 2.96. The number of carbonyl (C=O) groups is 3. The molecular weight excluding hydrogens is 585 g/mol. The fourth-order valence-corrected chi connectivity index (χ4v) is 5.34. The van der Waals surface area contributed by atoms with Gasteiger partial charge in [-0.2, -0.15) is 0 Å². The van der Waals surface area contributed by atoms with Crippen LogP contribution in [0, 0.1) is 0 Å². The van der Waals surface area contributed by atoms with Gasteiger partial charge in [-0.3, -0.25) is 18.9 Å². The number of unbranched alkanes of at least 4 members (excludes halogenated alkanes) is 20. The first-order valence-electron chi connectivity index (χ1n) is 17.4. The van der Waals surface area contributed by atoms with Crippen molar-refractivity contribution in [2.24, 2.45) is 0 Å². The average molecular weight is 650 g/mol. The van der Waals surface area contributed by atoms with Crippen LogP contribution < -0.4 is 5.32 Å². The second kappa shape index (κ2) is 30.2. The topological polar surface area (TPSA) is 148 Å². The monoisotopic (exact) mass is 649 g/mol. The molecule has 0 spiro atoms. The van der Waals surface area contributed by atoms with Gasteiger partial charge in [-0.15, -0.1) is 0 Å². The number of phosphoric ester groups is 1. The summed E-state index contributed by atoms with van der Waals surface area (Å²) in [7, 11) is -4.75. The lowest BCUT2D eigenvalue weighted by Gasteiger charge is -2.18. The normalized spacial score (nSPS) is 12.2. The van der Waals surface area contributed by atoms with E-state index in [0.29, 0.717) is 12.8 Å². The summed E-state index contributed by atoms with van der Waals surface area (Å²) in [5, 5.41) is 2.82. The van der Waals surface area contributed by atoms with Crippen molar-refractivity contribution in [2.45, 2.75) is 174 Å². The number of rotatable bonds is 32. The summed E-state index contributed by atoms with van der Waals surface area (Å²) in [4.78, 5) is 53.3. The van der Waals surface area contributed by atoms with E-state index in [1.54, 1.807) is 6.92 Å². The molecule has 0 saturated heterocycles. The molecule has 10 nitrogen and oxygen atoms in total. The number of hydrogen-bond donors (Lipinski definition) is 3. The Balaban J connectivity index is 3.93. The zero-order chi connectivity index (χ0) is 32.7. The Hall–Kier alpha value is -1.48. The Kier molecular flexibility index (Phi) is 29.2. The van der Waals surface area contributed by atoms with E-state index in [1.165, 1.54) is 77.0 Å². The van der Waals surface area contributed by atoms with Crippen LogP contribution in [0.2, 0.25) is 0 Å². The van der Waals surface area contributed by atoms with Gasteiger partial charge in [0.2, 0.25) is 5.91 Å². The zero-order valence-corrected chi connectivity index (χ0v) is 28.8. The highest BCUT2D eigenvalue weighted by Gasteiger charge is 2.22. The first kappa shape index (κ1) is 42.5. The van der Waals surface area contributed by atoms with Gasteiger partial charge in [0.05, 0.1) is 6.61 Å². The molecule has 0 rings (SSSR count). The van der Waals surface area contributed by atoms with Gasteiger partial charge in [-0.25, -0.2) is 4.57 Å². The smallest absolute Gasteiger partial charge is 0.462 e. The van der Waals surface area contributed by atoms with E-state index in [1.807, 2.05) is 0 Å². The van der Waals surface area contributed by atoms with Gasteiger partial charge in [-0.05, 0) is 19.3 Å². The molecule has 0 bridgehead atoms. The molecule has 44 heavy (non-hydrogen) atoms. The molecule has 0 heterocycles. The third kappa shape index (κ3) is 33.4. The van der Waals surface area contributed by atoms with Gasteiger partial charge >= 0.3 is 19.8 Å². The highest BCUT2D eigenvalue weighted by Crippen LogP contribution is 2.36. The lowest BCUT2D eigenvalue weighted by atomic mass is 10.1. The summed E-state index contributed by atoms with van der Waals surface area (Å²) in [6, 6.07) is 0. The van der Waals surface area contributed by atoms with Crippen molar-refractivity contribution in [3.63, 3.8) is 0 Å². The molecule has 1 atom stereocenters. The molecule has 0 unspecified atom stereocenters. The summed E-state index contributed by atoms with van der Waals surface area (Å²) < 4.78 is 26.2. The Morgan fingerprint density at radius 1 is 0.614 bits per heavy atom. The minimum atomic E-state index is -4.75. The minimum Gasteiger partial charge on any atom is -0.462 e. The molecule has 11 heteroatoms. The maximum atomic E-state index is 12.3. The van der Waals surface area contributed by atoms with E-state index >= 15 is 0 Å². The number of ether oxygens (including phenoxy) is 2. The maximum absolute atomic E-state index is 12.3. The third-order valence-corrected chi connectivity index (χ3v) is 8.06. The van der Waals surface area contributed by atoms with Crippen LogP contribution in [0.3, 0.4) is 0 Å². The van der Waals surface area contributed by atoms with Gasteiger partial charge in [0, 0.05) is 26.3 Å². The van der Waals surface area contributed by atoms with Crippen LogP contribution in [0.15, 0.2) is 0 Å². The van der Waals surface area contributed by atoms with Gasteiger partial charge < -0.3 is 24.6 Å². The van der Waals surface area contributed by atoms with Crippen molar-refractivity contribution in [1.29, 1.82) is 0 Å². The fourth-order valence-electron chi connectivity index (χ4n) is 4.98. The number of hydrogen-bond acceptors (Lipinski definition) is 7. The summed E-state index contributed by atoms with van der Waals surface area (Å²) in [6.45, 7) is 3.69. The first-order valence-corrected chi connectivity index (χ1v) is 19.0. The van der Waals surface area contributed by atoms with Crippen LogP contribution in [-0.4, -0.2) is 53.5 Å². The summed E-state index contributed by atoms with van der Waals surface area (Å²) in [6.07, 6.45) is 24.2. The predicted octanol–water partition coefficient (Wildman–Crippen LogP) is 8.07. The first-order chi connectivity index (χ1) is 21.1. The van der Waals surface area contributed by atoms with Crippen molar-refractivity contribution in [3.05, 3.63) is 0 Å². The molecular formula is C33H64NO9P. The van der Waals surface area contributed by atoms with E-state index in [4.69, 9.17) is 19.3 Å². The third-order valence-electron chi connectivity index (χ3n) is 7.57. The van der Waals surface area contributed by atoms with E-state index in [0.717, 1.165) is 57.9 Å². The molecule has 0 saturated carbocycles. The van der Waals surface area contributed by atoms with Crippen molar-refractivity contribution in [1.82, 2.24) is 5.32 Å². The molecule has 0 aromatic rings. The number of nitrogens with one attached hydrogen (secondary N) is 1. The molecule has 0 aliphatic heterocycles. The zero-order valence-electron chi connectivity index (χ0n) is 27.9. The van der Waals surface area contributed by atoms with Crippen LogP contribution in [0.5, 0.6) is 0 Å². The molecule has 260 valence electrons. The van der Waals surface area contributed by atoms with Crippen LogP contribution in [0.4, 0.5) is 0 Å². The highest BCUT2D eigenvalue weighted by molar-refractivity contribution is 7.46. The quantitative estimate of drug-likeness (QED) is 0.0374. The second-order valence-electron chi connectivity index (χ2n) is 12.0. The van der Waals surface area contributed by atoms with E-state index < -0.39 is 32.5 Å². The van der Waals surface area contributed by atoms with Gasteiger partial charge in [0.15, 0.2) is 6.10 Å². The van der Waals surface area contributed by atoms with E-state index in [9.17, 15) is 18.9 Å². The number of esters is 2. The molecule has 0 aliphatic carbocycles. The van der Waals surface area contributed by atoms with Crippen LogP contribution >= 0.6 is 7.82 Å². The summed E-state index contributed by atoms with van der Waals surface area (Å²) in [5.74, 6) is -0.881. The lowest BCUT2D eigenvalue weighted by molar-refractivity contribution is -0.161. The minimum absolute atomic E-state index is 0.0318. The van der Waals surface area contributed by atoms with Crippen molar-refractivity contribution < 1.29 is 42.7 Å². The van der Waals surface area contributed by atoms with Crippen molar-refractivity contribution in [3.8, 4) is 0 Å².